The Labute approximate surface area is 409 Å². The number of unbranched alkanes of at least 4 members (excludes halogenated alkanes) is 30. The largest absolute Gasteiger partial charge is 0.462 e. The predicted molar refractivity (Wildman–Crippen MR) is 284 cm³/mol. The van der Waals surface area contributed by atoms with Crippen molar-refractivity contribution in [2.45, 2.75) is 290 Å². The highest BCUT2D eigenvalue weighted by atomic mass is 16.6. The molecule has 0 aromatic heterocycles. The van der Waals surface area contributed by atoms with E-state index in [0.29, 0.717) is 19.3 Å². The molecule has 0 saturated heterocycles. The van der Waals surface area contributed by atoms with Gasteiger partial charge in [-0.1, -0.05) is 223 Å². The van der Waals surface area contributed by atoms with Gasteiger partial charge in [-0.05, 0) is 103 Å². The zero-order valence-electron chi connectivity index (χ0n) is 43.7. The Kier molecular flexibility index (Phi) is 52.3. The molecule has 1 unspecified atom stereocenters. The molecule has 382 valence electrons. The number of esters is 3. The van der Waals surface area contributed by atoms with Gasteiger partial charge < -0.3 is 14.2 Å². The molecule has 0 radical (unpaired) electrons. The van der Waals surface area contributed by atoms with Crippen molar-refractivity contribution in [3.63, 3.8) is 0 Å². The minimum absolute atomic E-state index is 0.0836. The Morgan fingerprint density at radius 2 is 0.576 bits per heavy atom. The number of carbonyl (C=O) groups excluding carboxylic acids is 3. The minimum Gasteiger partial charge on any atom is -0.462 e. The average Bonchev–Trinajstić information content (AvgIpc) is 3.31. The Morgan fingerprint density at radius 3 is 0.939 bits per heavy atom. The number of ether oxygens (including phenoxy) is 3. The van der Waals surface area contributed by atoms with E-state index in [9.17, 15) is 14.4 Å². The normalized spacial score (nSPS) is 12.5. The Balaban J connectivity index is 4.38. The highest BCUT2D eigenvalue weighted by molar-refractivity contribution is 5.71. The van der Waals surface area contributed by atoms with Gasteiger partial charge in [0.1, 0.15) is 13.2 Å². The summed E-state index contributed by atoms with van der Waals surface area (Å²) in [4.78, 5) is 38.1. The van der Waals surface area contributed by atoms with Gasteiger partial charge in [0.15, 0.2) is 6.10 Å². The highest BCUT2D eigenvalue weighted by Crippen LogP contribution is 2.15. The van der Waals surface area contributed by atoms with Gasteiger partial charge >= 0.3 is 17.9 Å². The van der Waals surface area contributed by atoms with E-state index in [1.54, 1.807) is 0 Å². The van der Waals surface area contributed by atoms with Crippen LogP contribution in [0.25, 0.3) is 0 Å². The van der Waals surface area contributed by atoms with Gasteiger partial charge in [0.05, 0.1) is 0 Å². The Morgan fingerprint density at radius 1 is 0.303 bits per heavy atom. The molecule has 0 rings (SSSR count). The lowest BCUT2D eigenvalue weighted by Gasteiger charge is -2.18. The summed E-state index contributed by atoms with van der Waals surface area (Å²) >= 11 is 0. The van der Waals surface area contributed by atoms with Crippen LogP contribution in [0.1, 0.15) is 284 Å². The van der Waals surface area contributed by atoms with E-state index >= 15 is 0 Å². The quantitative estimate of drug-likeness (QED) is 0.0262. The molecule has 66 heavy (non-hydrogen) atoms. The molecule has 6 heteroatoms. The van der Waals surface area contributed by atoms with Crippen molar-refractivity contribution in [2.24, 2.45) is 0 Å². The van der Waals surface area contributed by atoms with Crippen LogP contribution in [0.2, 0.25) is 0 Å². The van der Waals surface area contributed by atoms with E-state index in [-0.39, 0.29) is 31.1 Å². The van der Waals surface area contributed by atoms with E-state index in [2.05, 4.69) is 81.5 Å². The zero-order chi connectivity index (χ0) is 47.9. The van der Waals surface area contributed by atoms with E-state index < -0.39 is 6.10 Å². The molecule has 0 aliphatic rings. The number of rotatable bonds is 51. The van der Waals surface area contributed by atoms with Crippen LogP contribution in [0.5, 0.6) is 0 Å². The van der Waals surface area contributed by atoms with Crippen LogP contribution >= 0.6 is 0 Å². The number of hydrogen-bond donors (Lipinski definition) is 0. The van der Waals surface area contributed by atoms with Crippen LogP contribution in [0.15, 0.2) is 60.8 Å². The third-order valence-electron chi connectivity index (χ3n) is 12.2. The van der Waals surface area contributed by atoms with Crippen LogP contribution in [-0.2, 0) is 28.6 Å². The Hall–Kier alpha value is -2.89. The van der Waals surface area contributed by atoms with Gasteiger partial charge in [0.25, 0.3) is 0 Å². The summed E-state index contributed by atoms with van der Waals surface area (Å²) in [7, 11) is 0. The summed E-state index contributed by atoms with van der Waals surface area (Å²) in [6, 6.07) is 0. The predicted octanol–water partition coefficient (Wildman–Crippen LogP) is 18.8. The van der Waals surface area contributed by atoms with Crippen molar-refractivity contribution in [3.8, 4) is 0 Å². The summed E-state index contributed by atoms with van der Waals surface area (Å²) in [6.45, 7) is 6.55. The summed E-state index contributed by atoms with van der Waals surface area (Å²) in [5.74, 6) is -0.902. The summed E-state index contributed by atoms with van der Waals surface area (Å²) in [5.41, 5.74) is 0. The van der Waals surface area contributed by atoms with Crippen LogP contribution < -0.4 is 0 Å². The second kappa shape index (κ2) is 54.7. The smallest absolute Gasteiger partial charge is 0.306 e. The maximum Gasteiger partial charge on any atom is 0.306 e. The molecule has 0 aromatic carbocycles. The van der Waals surface area contributed by atoms with Crippen molar-refractivity contribution in [1.29, 1.82) is 0 Å². The first-order valence-corrected chi connectivity index (χ1v) is 28.3. The van der Waals surface area contributed by atoms with E-state index in [0.717, 1.165) is 103 Å². The second-order valence-electron chi connectivity index (χ2n) is 18.8. The standard InChI is InChI=1S/C60H106O6/c1-4-7-10-13-16-19-22-25-27-29-30-31-33-35-38-41-44-47-50-53-59(62)65-56-57(55-64-58(61)52-49-46-43-40-37-34-24-21-18-15-12-9-6-3)66-60(63)54-51-48-45-42-39-36-32-28-26-23-20-17-14-11-8-5-2/h12,15-16,19,21,24-25,27-28,32,57H,4-11,13-14,17-18,20,22-23,26,29-31,33-56H2,1-3H3/b15-12-,19-16-,24-21-,27-25-,32-28-. The lowest BCUT2D eigenvalue weighted by molar-refractivity contribution is -0.167. The summed E-state index contributed by atoms with van der Waals surface area (Å²) in [6.07, 6.45) is 67.8. The molecule has 0 aromatic rings. The van der Waals surface area contributed by atoms with Crippen LogP contribution in [0.4, 0.5) is 0 Å². The molecule has 0 saturated carbocycles. The molecule has 0 heterocycles. The zero-order valence-corrected chi connectivity index (χ0v) is 43.7. The van der Waals surface area contributed by atoms with Crippen molar-refractivity contribution in [1.82, 2.24) is 0 Å². The first-order chi connectivity index (χ1) is 32.5. The molecule has 0 fully saturated rings. The average molecular weight is 924 g/mol. The topological polar surface area (TPSA) is 78.9 Å². The van der Waals surface area contributed by atoms with Gasteiger partial charge in [-0.3, -0.25) is 14.4 Å². The first kappa shape index (κ1) is 63.1. The van der Waals surface area contributed by atoms with Crippen molar-refractivity contribution in [3.05, 3.63) is 60.8 Å². The lowest BCUT2D eigenvalue weighted by atomic mass is 10.1. The maximum absolute atomic E-state index is 12.8. The van der Waals surface area contributed by atoms with Gasteiger partial charge in [0, 0.05) is 19.3 Å². The van der Waals surface area contributed by atoms with Gasteiger partial charge in [-0.15, -0.1) is 0 Å². The molecule has 0 spiro atoms. The lowest BCUT2D eigenvalue weighted by Crippen LogP contribution is -2.30. The fraction of sp³-hybridized carbons (Fsp3) is 0.783. The van der Waals surface area contributed by atoms with E-state index in [4.69, 9.17) is 14.2 Å². The molecular formula is C60H106O6. The van der Waals surface area contributed by atoms with Crippen LogP contribution in [0.3, 0.4) is 0 Å². The first-order valence-electron chi connectivity index (χ1n) is 28.3. The molecule has 0 amide bonds. The van der Waals surface area contributed by atoms with Gasteiger partial charge in [0.2, 0.25) is 0 Å². The number of hydrogen-bond acceptors (Lipinski definition) is 6. The molecular weight excluding hydrogens is 817 g/mol. The van der Waals surface area contributed by atoms with Crippen LogP contribution in [-0.4, -0.2) is 37.2 Å². The van der Waals surface area contributed by atoms with Gasteiger partial charge in [-0.2, -0.15) is 0 Å². The third kappa shape index (κ3) is 52.1. The van der Waals surface area contributed by atoms with Crippen molar-refractivity contribution >= 4 is 17.9 Å². The third-order valence-corrected chi connectivity index (χ3v) is 12.2. The molecule has 0 N–H and O–H groups in total. The second-order valence-corrected chi connectivity index (χ2v) is 18.8. The molecule has 0 aliphatic heterocycles. The Bertz CT molecular complexity index is 1200. The maximum atomic E-state index is 12.8. The minimum atomic E-state index is -0.785. The fourth-order valence-electron chi connectivity index (χ4n) is 7.92. The summed E-state index contributed by atoms with van der Waals surface area (Å²) < 4.78 is 16.8. The van der Waals surface area contributed by atoms with E-state index in [1.807, 2.05) is 0 Å². The fourth-order valence-corrected chi connectivity index (χ4v) is 7.92. The van der Waals surface area contributed by atoms with Crippen molar-refractivity contribution in [2.75, 3.05) is 13.2 Å². The SMILES string of the molecule is CCC/C=C\C/C=C\CCCCCCCC(=O)OCC(COC(=O)CCCCCCCCCCC/C=C\C/C=C\CCCCC)OC(=O)CCCCCCC/C=C\CCCCCCCCC. The molecule has 0 bridgehead atoms. The van der Waals surface area contributed by atoms with Crippen molar-refractivity contribution < 1.29 is 28.6 Å². The highest BCUT2D eigenvalue weighted by Gasteiger charge is 2.19. The van der Waals surface area contributed by atoms with E-state index in [1.165, 1.54) is 141 Å². The van der Waals surface area contributed by atoms with Gasteiger partial charge in [-0.25, -0.2) is 0 Å². The number of allylic oxidation sites excluding steroid dienone is 10. The van der Waals surface area contributed by atoms with Crippen LogP contribution in [0, 0.1) is 0 Å². The summed E-state index contributed by atoms with van der Waals surface area (Å²) in [5, 5.41) is 0. The molecule has 1 atom stereocenters. The number of carbonyl (C=O) groups is 3. The monoisotopic (exact) mass is 923 g/mol. The molecule has 6 nitrogen and oxygen atoms in total. The molecule has 0 aliphatic carbocycles.